The van der Waals surface area contributed by atoms with Crippen LogP contribution in [0.15, 0.2) is 18.3 Å². The average molecular weight is 351 g/mol. The minimum absolute atomic E-state index is 0.147. The molecule has 124 valence electrons. The van der Waals surface area contributed by atoms with Crippen LogP contribution in [0, 0.1) is 11.6 Å². The first kappa shape index (κ1) is 14.9. The smallest absolute Gasteiger partial charge is 0.360 e. The molecular formula is C14H11F2N5O2S. The molecular weight excluding hydrogens is 340 g/mol. The van der Waals surface area contributed by atoms with Crippen molar-refractivity contribution in [1.29, 1.82) is 0 Å². The molecule has 1 fully saturated rings. The number of benzene rings is 1. The Morgan fingerprint density at radius 3 is 2.88 bits per heavy atom. The molecule has 0 N–H and O–H groups in total. The van der Waals surface area contributed by atoms with Gasteiger partial charge in [0, 0.05) is 13.1 Å². The van der Waals surface area contributed by atoms with Gasteiger partial charge in [0.05, 0.1) is 24.0 Å². The van der Waals surface area contributed by atoms with E-state index in [4.69, 9.17) is 4.74 Å². The summed E-state index contributed by atoms with van der Waals surface area (Å²) >= 11 is 1.20. The van der Waals surface area contributed by atoms with Crippen LogP contribution in [-0.4, -0.2) is 45.1 Å². The molecule has 2 aromatic heterocycles. The molecule has 0 saturated carbocycles. The number of hydrogen-bond donors (Lipinski definition) is 0. The molecule has 0 aliphatic carbocycles. The van der Waals surface area contributed by atoms with Crippen molar-refractivity contribution >= 4 is 32.7 Å². The molecule has 0 atom stereocenters. The summed E-state index contributed by atoms with van der Waals surface area (Å²) in [6.07, 6.45) is 1.18. The molecule has 0 amide bonds. The van der Waals surface area contributed by atoms with E-state index in [1.807, 2.05) is 4.90 Å². The summed E-state index contributed by atoms with van der Waals surface area (Å²) in [5.41, 5.74) is 0.296. The fourth-order valence-corrected chi connectivity index (χ4v) is 3.43. The van der Waals surface area contributed by atoms with Gasteiger partial charge in [-0.25, -0.2) is 18.6 Å². The van der Waals surface area contributed by atoms with Gasteiger partial charge in [0.1, 0.15) is 17.4 Å². The Kier molecular flexibility index (Phi) is 3.41. The minimum atomic E-state index is -0.682. The fourth-order valence-electron chi connectivity index (χ4n) is 2.40. The van der Waals surface area contributed by atoms with Gasteiger partial charge in [-0.15, -0.1) is 5.10 Å². The van der Waals surface area contributed by atoms with Gasteiger partial charge in [-0.1, -0.05) is 16.6 Å². The van der Waals surface area contributed by atoms with Crippen molar-refractivity contribution in [2.24, 2.45) is 7.05 Å². The number of aromatic nitrogens is 4. The van der Waals surface area contributed by atoms with E-state index >= 15 is 0 Å². The maximum Gasteiger partial charge on any atom is 0.360 e. The van der Waals surface area contributed by atoms with E-state index in [1.165, 1.54) is 28.3 Å². The number of thiazole rings is 1. The summed E-state index contributed by atoms with van der Waals surface area (Å²) in [7, 11) is 1.66. The number of hydrogen-bond acceptors (Lipinski definition) is 7. The topological polar surface area (TPSA) is 73.1 Å². The second-order valence-corrected chi connectivity index (χ2v) is 6.45. The van der Waals surface area contributed by atoms with Gasteiger partial charge in [-0.3, -0.25) is 4.68 Å². The van der Waals surface area contributed by atoms with Gasteiger partial charge in [0.25, 0.3) is 0 Å². The van der Waals surface area contributed by atoms with Crippen molar-refractivity contribution in [3.8, 4) is 0 Å². The molecule has 10 heteroatoms. The van der Waals surface area contributed by atoms with Crippen molar-refractivity contribution in [2.45, 2.75) is 6.10 Å². The molecule has 3 heterocycles. The monoisotopic (exact) mass is 351 g/mol. The van der Waals surface area contributed by atoms with Gasteiger partial charge in [-0.05, 0) is 6.07 Å². The molecule has 0 bridgehead atoms. The molecule has 1 aliphatic rings. The summed E-state index contributed by atoms with van der Waals surface area (Å²) in [6, 6.07) is 2.07. The van der Waals surface area contributed by atoms with E-state index in [9.17, 15) is 13.6 Å². The number of fused-ring (bicyclic) bond motifs is 1. The number of anilines is 1. The first-order valence-corrected chi connectivity index (χ1v) is 7.89. The molecule has 0 spiro atoms. The molecule has 7 nitrogen and oxygen atoms in total. The third kappa shape index (κ3) is 2.58. The lowest BCUT2D eigenvalue weighted by Gasteiger charge is -2.37. The lowest BCUT2D eigenvalue weighted by molar-refractivity contribution is 0.0227. The largest absolute Gasteiger partial charge is 0.454 e. The second kappa shape index (κ2) is 5.48. The van der Waals surface area contributed by atoms with Crippen molar-refractivity contribution in [1.82, 2.24) is 20.0 Å². The van der Waals surface area contributed by atoms with Gasteiger partial charge in [-0.2, -0.15) is 0 Å². The normalized spacial score (nSPS) is 14.9. The highest BCUT2D eigenvalue weighted by atomic mass is 32.1. The first-order valence-electron chi connectivity index (χ1n) is 7.07. The fraction of sp³-hybridized carbons (Fsp3) is 0.286. The Morgan fingerprint density at radius 2 is 2.17 bits per heavy atom. The molecule has 24 heavy (non-hydrogen) atoms. The lowest BCUT2D eigenvalue weighted by atomic mass is 10.2. The Labute approximate surface area is 138 Å². The van der Waals surface area contributed by atoms with E-state index in [2.05, 4.69) is 15.3 Å². The summed E-state index contributed by atoms with van der Waals surface area (Å²) in [5.74, 6) is -1.85. The van der Waals surface area contributed by atoms with Crippen LogP contribution in [0.25, 0.3) is 10.2 Å². The quantitative estimate of drug-likeness (QED) is 0.670. The van der Waals surface area contributed by atoms with Crippen LogP contribution in [-0.2, 0) is 11.8 Å². The highest BCUT2D eigenvalue weighted by Gasteiger charge is 2.33. The number of aryl methyl sites for hydroxylation is 1. The molecule has 1 aromatic carbocycles. The summed E-state index contributed by atoms with van der Waals surface area (Å²) in [6.45, 7) is 0.881. The number of ether oxygens (including phenoxy) is 1. The lowest BCUT2D eigenvalue weighted by Crippen LogP contribution is -2.53. The molecule has 4 rings (SSSR count). The maximum absolute atomic E-state index is 13.7. The van der Waals surface area contributed by atoms with Crippen LogP contribution >= 0.6 is 11.3 Å². The SMILES string of the molecule is Cn1cc(C(=O)OC2CN(c3nc4c(F)cc(F)cc4s3)C2)nn1. The predicted octanol–water partition coefficient (Wildman–Crippen LogP) is 1.75. The van der Waals surface area contributed by atoms with Crippen molar-refractivity contribution < 1.29 is 18.3 Å². The molecule has 1 aliphatic heterocycles. The summed E-state index contributed by atoms with van der Waals surface area (Å²) < 4.78 is 34.1. The number of carbonyl (C=O) groups excluding carboxylic acids is 1. The van der Waals surface area contributed by atoms with Gasteiger partial charge in [0.15, 0.2) is 16.6 Å². The van der Waals surface area contributed by atoms with E-state index in [0.29, 0.717) is 22.9 Å². The van der Waals surface area contributed by atoms with Crippen molar-refractivity contribution in [3.63, 3.8) is 0 Å². The summed E-state index contributed by atoms with van der Waals surface area (Å²) in [5, 5.41) is 7.93. The minimum Gasteiger partial charge on any atom is -0.454 e. The number of rotatable bonds is 3. The van der Waals surface area contributed by atoms with Gasteiger partial charge < -0.3 is 9.64 Å². The molecule has 1 saturated heterocycles. The van der Waals surface area contributed by atoms with Gasteiger partial charge >= 0.3 is 5.97 Å². The third-order valence-corrected chi connectivity index (χ3v) is 4.67. The number of carbonyl (C=O) groups is 1. The van der Waals surface area contributed by atoms with Crippen LogP contribution in [0.2, 0.25) is 0 Å². The highest BCUT2D eigenvalue weighted by molar-refractivity contribution is 7.22. The van der Waals surface area contributed by atoms with Crippen molar-refractivity contribution in [3.05, 3.63) is 35.7 Å². The van der Waals surface area contributed by atoms with E-state index in [0.717, 1.165) is 6.07 Å². The van der Waals surface area contributed by atoms with E-state index < -0.39 is 17.6 Å². The summed E-state index contributed by atoms with van der Waals surface area (Å²) in [4.78, 5) is 17.9. The zero-order valence-corrected chi connectivity index (χ0v) is 13.3. The highest BCUT2D eigenvalue weighted by Crippen LogP contribution is 2.33. The number of esters is 1. The third-order valence-electron chi connectivity index (χ3n) is 3.61. The van der Waals surface area contributed by atoms with E-state index in [-0.39, 0.29) is 17.3 Å². The Bertz CT molecular complexity index is 935. The Hall–Kier alpha value is -2.62. The van der Waals surface area contributed by atoms with Crippen LogP contribution < -0.4 is 4.90 Å². The molecule has 0 unspecified atom stereocenters. The van der Waals surface area contributed by atoms with Crippen LogP contribution in [0.1, 0.15) is 10.5 Å². The predicted molar refractivity (Wildman–Crippen MR) is 82.0 cm³/mol. The Balaban J connectivity index is 1.42. The Morgan fingerprint density at radius 1 is 1.38 bits per heavy atom. The molecule has 0 radical (unpaired) electrons. The zero-order chi connectivity index (χ0) is 16.8. The van der Waals surface area contributed by atoms with Crippen LogP contribution in [0.4, 0.5) is 13.9 Å². The second-order valence-electron chi connectivity index (χ2n) is 5.44. The van der Waals surface area contributed by atoms with Crippen molar-refractivity contribution in [2.75, 3.05) is 18.0 Å². The standard InChI is InChI=1S/C14H11F2N5O2S/c1-20-6-10(18-19-20)13(22)23-8-4-21(5-8)14-17-12-9(16)2-7(15)3-11(12)24-14/h2-3,6,8H,4-5H2,1H3. The number of nitrogens with zero attached hydrogens (tertiary/aromatic N) is 5. The van der Waals surface area contributed by atoms with Gasteiger partial charge in [0.2, 0.25) is 0 Å². The maximum atomic E-state index is 13.7. The van der Waals surface area contributed by atoms with Crippen LogP contribution in [0.3, 0.4) is 0 Å². The van der Waals surface area contributed by atoms with E-state index in [1.54, 1.807) is 7.05 Å². The number of halogens is 2. The van der Waals surface area contributed by atoms with Crippen LogP contribution in [0.5, 0.6) is 0 Å². The first-order chi connectivity index (χ1) is 11.5. The average Bonchev–Trinajstić information content (AvgIpc) is 3.08. The molecule has 3 aromatic rings. The zero-order valence-electron chi connectivity index (χ0n) is 12.4.